The molecule has 0 radical (unpaired) electrons. The van der Waals surface area contributed by atoms with Crippen LogP contribution in [0.3, 0.4) is 0 Å². The van der Waals surface area contributed by atoms with Crippen LogP contribution in [0.5, 0.6) is 11.5 Å². The number of rotatable bonds is 6. The van der Waals surface area contributed by atoms with Crippen LogP contribution in [0.15, 0.2) is 103 Å². The molecule has 0 saturated carbocycles. The number of carbonyl (C=O) groups excluding carboxylic acids is 2. The van der Waals surface area contributed by atoms with E-state index in [0.29, 0.717) is 36.7 Å². The smallest absolute Gasteiger partial charge is 0.322 e. The van der Waals surface area contributed by atoms with Crippen molar-refractivity contribution in [2.45, 2.75) is 6.04 Å². The van der Waals surface area contributed by atoms with Gasteiger partial charge < -0.3 is 24.6 Å². The highest BCUT2D eigenvalue weighted by Crippen LogP contribution is 2.32. The minimum absolute atomic E-state index is 0.126. The Morgan fingerprint density at radius 3 is 2.15 bits per heavy atom. The number of nitrogens with one attached hydrogen (secondary N) is 1. The lowest BCUT2D eigenvalue weighted by molar-refractivity contribution is 0.0516. The van der Waals surface area contributed by atoms with Crippen molar-refractivity contribution in [1.29, 1.82) is 0 Å². The number of hydrogen-bond acceptors (Lipinski definition) is 4. The van der Waals surface area contributed by atoms with Gasteiger partial charge in [0, 0.05) is 30.8 Å². The van der Waals surface area contributed by atoms with E-state index in [-0.39, 0.29) is 18.0 Å². The molecule has 0 aromatic heterocycles. The number of ether oxygens (including phenoxy) is 2. The molecule has 1 saturated heterocycles. The predicted molar refractivity (Wildman–Crippen MR) is 152 cm³/mol. The molecule has 5 rings (SSSR count). The first-order valence-corrected chi connectivity index (χ1v) is 12.9. The molecule has 3 amide bonds. The van der Waals surface area contributed by atoms with Crippen LogP contribution in [0, 0.1) is 0 Å². The Kier molecular flexibility index (Phi) is 7.78. The van der Waals surface area contributed by atoms with Gasteiger partial charge in [0.2, 0.25) is 0 Å². The van der Waals surface area contributed by atoms with Crippen molar-refractivity contribution in [3.63, 3.8) is 0 Å². The van der Waals surface area contributed by atoms with Gasteiger partial charge in [-0.2, -0.15) is 0 Å². The summed E-state index contributed by atoms with van der Waals surface area (Å²) >= 11 is 0. The molecular weight excluding hydrogens is 490 g/mol. The molecular formula is C32H31N3O4. The minimum Gasteiger partial charge on any atom is -0.493 e. The average Bonchev–Trinajstić information content (AvgIpc) is 3.01. The maximum absolute atomic E-state index is 13.7. The first-order chi connectivity index (χ1) is 19.1. The molecule has 1 heterocycles. The monoisotopic (exact) mass is 521 g/mol. The second kappa shape index (κ2) is 11.7. The molecule has 198 valence electrons. The molecule has 1 aliphatic rings. The number of carbonyl (C=O) groups is 2. The zero-order chi connectivity index (χ0) is 27.2. The summed E-state index contributed by atoms with van der Waals surface area (Å²) in [5.41, 5.74) is 4.19. The zero-order valence-electron chi connectivity index (χ0n) is 22.0. The van der Waals surface area contributed by atoms with Crippen molar-refractivity contribution in [2.24, 2.45) is 0 Å². The molecule has 4 aromatic rings. The molecule has 39 heavy (non-hydrogen) atoms. The summed E-state index contributed by atoms with van der Waals surface area (Å²) in [5, 5.41) is 3.11. The van der Waals surface area contributed by atoms with Crippen molar-refractivity contribution < 1.29 is 19.1 Å². The Balaban J connectivity index is 1.39. The number of hydrogen-bond donors (Lipinski definition) is 1. The highest BCUT2D eigenvalue weighted by molar-refractivity contribution is 5.96. The van der Waals surface area contributed by atoms with Gasteiger partial charge in [-0.05, 0) is 35.4 Å². The molecule has 7 nitrogen and oxygen atoms in total. The third-order valence-electron chi connectivity index (χ3n) is 7.00. The van der Waals surface area contributed by atoms with Gasteiger partial charge in [-0.3, -0.25) is 4.79 Å². The Bertz CT molecular complexity index is 1440. The molecule has 1 fully saturated rings. The fourth-order valence-electron chi connectivity index (χ4n) is 4.96. The highest BCUT2D eigenvalue weighted by atomic mass is 16.5. The fourth-order valence-corrected chi connectivity index (χ4v) is 4.96. The van der Waals surface area contributed by atoms with Crippen molar-refractivity contribution in [3.05, 3.63) is 114 Å². The topological polar surface area (TPSA) is 71.1 Å². The van der Waals surface area contributed by atoms with Gasteiger partial charge in [0.25, 0.3) is 5.91 Å². The number of anilines is 1. The molecule has 0 bridgehead atoms. The quantitative estimate of drug-likeness (QED) is 0.333. The van der Waals surface area contributed by atoms with Crippen LogP contribution in [0.4, 0.5) is 10.5 Å². The molecule has 4 aromatic carbocycles. The van der Waals surface area contributed by atoms with Crippen molar-refractivity contribution in [3.8, 4) is 22.6 Å². The average molecular weight is 522 g/mol. The number of nitrogens with zero attached hydrogens (tertiary/aromatic N) is 2. The lowest BCUT2D eigenvalue weighted by atomic mass is 10.0. The van der Waals surface area contributed by atoms with Gasteiger partial charge in [-0.25, -0.2) is 4.79 Å². The van der Waals surface area contributed by atoms with Crippen molar-refractivity contribution >= 4 is 17.6 Å². The van der Waals surface area contributed by atoms with E-state index in [2.05, 4.69) is 5.32 Å². The normalized spacial score (nSPS) is 15.0. The van der Waals surface area contributed by atoms with E-state index in [4.69, 9.17) is 9.47 Å². The van der Waals surface area contributed by atoms with E-state index in [1.165, 1.54) is 0 Å². The van der Waals surface area contributed by atoms with Crippen LogP contribution in [-0.4, -0.2) is 55.6 Å². The van der Waals surface area contributed by atoms with Gasteiger partial charge in [0.15, 0.2) is 11.5 Å². The number of methoxy groups -OCH3 is 2. The number of urea groups is 1. The van der Waals surface area contributed by atoms with Gasteiger partial charge in [-0.15, -0.1) is 0 Å². The van der Waals surface area contributed by atoms with Crippen molar-refractivity contribution in [2.75, 3.05) is 39.2 Å². The first kappa shape index (κ1) is 25.9. The molecule has 7 heteroatoms. The fraction of sp³-hybridized carbons (Fsp3) is 0.188. The largest absolute Gasteiger partial charge is 0.493 e. The molecule has 1 atom stereocenters. The lowest BCUT2D eigenvalue weighted by Crippen LogP contribution is -2.53. The van der Waals surface area contributed by atoms with E-state index < -0.39 is 0 Å². The lowest BCUT2D eigenvalue weighted by Gasteiger charge is -2.41. The van der Waals surface area contributed by atoms with Gasteiger partial charge in [-0.1, -0.05) is 78.9 Å². The van der Waals surface area contributed by atoms with E-state index in [9.17, 15) is 9.59 Å². The Labute approximate surface area is 228 Å². The zero-order valence-corrected chi connectivity index (χ0v) is 22.0. The maximum atomic E-state index is 13.7. The molecule has 1 N–H and O–H groups in total. The van der Waals surface area contributed by atoms with E-state index in [1.807, 2.05) is 89.8 Å². The van der Waals surface area contributed by atoms with Crippen LogP contribution in [0.25, 0.3) is 11.1 Å². The summed E-state index contributed by atoms with van der Waals surface area (Å²) in [4.78, 5) is 30.8. The third kappa shape index (κ3) is 5.57. The summed E-state index contributed by atoms with van der Waals surface area (Å²) in [6, 6.07) is 32.2. The number of amides is 3. The van der Waals surface area contributed by atoms with Crippen molar-refractivity contribution in [1.82, 2.24) is 9.80 Å². The summed E-state index contributed by atoms with van der Waals surface area (Å²) in [7, 11) is 3.11. The Hall–Kier alpha value is -4.78. The Morgan fingerprint density at radius 2 is 1.44 bits per heavy atom. The maximum Gasteiger partial charge on any atom is 0.322 e. The first-order valence-electron chi connectivity index (χ1n) is 12.9. The summed E-state index contributed by atoms with van der Waals surface area (Å²) in [6.45, 7) is 1.16. The SMILES string of the molecule is COc1ccc(C(=O)N2CCN(C(=O)Nc3ccccc3-c3ccccc3)CC2c2ccccc2)cc1OC. The number of para-hydroxylation sites is 1. The van der Waals surface area contributed by atoms with Crippen LogP contribution >= 0.6 is 0 Å². The molecule has 1 aliphatic heterocycles. The van der Waals surface area contributed by atoms with E-state index >= 15 is 0 Å². The third-order valence-corrected chi connectivity index (χ3v) is 7.00. The van der Waals surface area contributed by atoms with Crippen LogP contribution in [0.1, 0.15) is 22.0 Å². The van der Waals surface area contributed by atoms with Gasteiger partial charge in [0.1, 0.15) is 0 Å². The summed E-state index contributed by atoms with van der Waals surface area (Å²) in [5.74, 6) is 0.930. The highest BCUT2D eigenvalue weighted by Gasteiger charge is 2.34. The summed E-state index contributed by atoms with van der Waals surface area (Å²) in [6.07, 6.45) is 0. The standard InChI is InChI=1S/C32H31N3O4/c1-38-29-18-17-25(21-30(29)39-2)31(36)35-20-19-34(22-28(35)24-13-7-4-8-14-24)32(37)33-27-16-10-9-15-26(27)23-11-5-3-6-12-23/h3-18,21,28H,19-20,22H2,1-2H3,(H,33,37). The molecule has 0 aliphatic carbocycles. The van der Waals surface area contributed by atoms with Crippen LogP contribution < -0.4 is 14.8 Å². The van der Waals surface area contributed by atoms with Crippen LogP contribution in [-0.2, 0) is 0 Å². The van der Waals surface area contributed by atoms with Gasteiger partial charge >= 0.3 is 6.03 Å². The van der Waals surface area contributed by atoms with E-state index in [0.717, 1.165) is 22.4 Å². The minimum atomic E-state index is -0.310. The number of piperazine rings is 1. The Morgan fingerprint density at radius 1 is 0.769 bits per heavy atom. The number of benzene rings is 4. The second-order valence-electron chi connectivity index (χ2n) is 9.28. The predicted octanol–water partition coefficient (Wildman–Crippen LogP) is 6.10. The summed E-state index contributed by atoms with van der Waals surface area (Å²) < 4.78 is 10.7. The van der Waals surface area contributed by atoms with Crippen LogP contribution in [0.2, 0.25) is 0 Å². The second-order valence-corrected chi connectivity index (χ2v) is 9.28. The van der Waals surface area contributed by atoms with Gasteiger partial charge in [0.05, 0.1) is 25.9 Å². The van der Waals surface area contributed by atoms with E-state index in [1.54, 1.807) is 37.3 Å². The molecule has 1 unspecified atom stereocenters. The molecule has 0 spiro atoms.